The van der Waals surface area contributed by atoms with Gasteiger partial charge in [-0.3, -0.25) is 0 Å². The van der Waals surface area contributed by atoms with E-state index < -0.39 is 6.10 Å². The number of aliphatic hydroxyl groups is 1. The van der Waals surface area contributed by atoms with Crippen molar-refractivity contribution in [3.05, 3.63) is 71.5 Å². The fourth-order valence-corrected chi connectivity index (χ4v) is 3.40. The van der Waals surface area contributed by atoms with Gasteiger partial charge in [-0.25, -0.2) is 4.39 Å². The number of nitrogens with zero attached hydrogens (tertiary/aromatic N) is 1. The lowest BCUT2D eigenvalue weighted by atomic mass is 9.88. The summed E-state index contributed by atoms with van der Waals surface area (Å²) in [7, 11) is 0. The van der Waals surface area contributed by atoms with Gasteiger partial charge in [-0.05, 0) is 49.2 Å². The summed E-state index contributed by atoms with van der Waals surface area (Å²) in [6, 6.07) is 16.4. The first-order valence-electron chi connectivity index (χ1n) is 8.45. The van der Waals surface area contributed by atoms with Crippen LogP contribution >= 0.6 is 0 Å². The molecule has 0 spiro atoms. The summed E-state index contributed by atoms with van der Waals surface area (Å²) < 4.78 is 13.2. The van der Waals surface area contributed by atoms with Crippen LogP contribution in [0.5, 0.6) is 0 Å². The van der Waals surface area contributed by atoms with Crippen LogP contribution in [-0.2, 0) is 0 Å². The number of piperidine rings is 1. The van der Waals surface area contributed by atoms with Crippen LogP contribution in [0.25, 0.3) is 0 Å². The van der Waals surface area contributed by atoms with Gasteiger partial charge in [0.25, 0.3) is 0 Å². The van der Waals surface area contributed by atoms with Gasteiger partial charge in [0.05, 0.1) is 6.10 Å². The number of benzene rings is 2. The largest absolute Gasteiger partial charge is 0.388 e. The summed E-state index contributed by atoms with van der Waals surface area (Å²) in [5.41, 5.74) is 1.91. The number of rotatable bonds is 5. The fourth-order valence-electron chi connectivity index (χ4n) is 3.40. The summed E-state index contributed by atoms with van der Waals surface area (Å²) in [6.45, 7) is 3.03. The summed E-state index contributed by atoms with van der Waals surface area (Å²) in [5.74, 6) is -0.270. The maximum atomic E-state index is 13.2. The van der Waals surface area contributed by atoms with Crippen LogP contribution < -0.4 is 0 Å². The zero-order chi connectivity index (χ0) is 16.1. The molecule has 2 atom stereocenters. The van der Waals surface area contributed by atoms with Gasteiger partial charge in [-0.1, -0.05) is 48.9 Å². The first kappa shape index (κ1) is 16.2. The fraction of sp³-hybridized carbons (Fsp3) is 0.400. The Morgan fingerprint density at radius 1 is 0.870 bits per heavy atom. The molecule has 2 aromatic carbocycles. The second kappa shape index (κ2) is 7.71. The average Bonchev–Trinajstić information content (AvgIpc) is 2.61. The van der Waals surface area contributed by atoms with Crippen molar-refractivity contribution in [2.45, 2.75) is 31.3 Å². The Morgan fingerprint density at radius 3 is 2.17 bits per heavy atom. The minimum atomic E-state index is -0.625. The number of hydrogen-bond donors (Lipinski definition) is 1. The predicted molar refractivity (Wildman–Crippen MR) is 90.8 cm³/mol. The molecule has 0 aromatic heterocycles. The summed E-state index contributed by atoms with van der Waals surface area (Å²) >= 11 is 0. The van der Waals surface area contributed by atoms with Crippen molar-refractivity contribution in [2.75, 3.05) is 19.6 Å². The smallest absolute Gasteiger partial charge is 0.123 e. The molecule has 1 aliphatic rings. The Kier molecular flexibility index (Phi) is 5.42. The van der Waals surface area contributed by atoms with Crippen molar-refractivity contribution in [3.8, 4) is 0 Å². The van der Waals surface area contributed by atoms with Crippen LogP contribution in [0.15, 0.2) is 54.6 Å². The summed E-state index contributed by atoms with van der Waals surface area (Å²) in [6.07, 6.45) is 3.13. The highest BCUT2D eigenvalue weighted by atomic mass is 19.1. The van der Waals surface area contributed by atoms with Gasteiger partial charge in [0.15, 0.2) is 0 Å². The molecule has 1 heterocycles. The van der Waals surface area contributed by atoms with Crippen molar-refractivity contribution in [1.29, 1.82) is 0 Å². The van der Waals surface area contributed by atoms with Gasteiger partial charge in [0.2, 0.25) is 0 Å². The Morgan fingerprint density at radius 2 is 1.52 bits per heavy atom. The van der Waals surface area contributed by atoms with Gasteiger partial charge < -0.3 is 10.0 Å². The highest BCUT2D eigenvalue weighted by Gasteiger charge is 2.25. The first-order valence-corrected chi connectivity index (χ1v) is 8.45. The summed E-state index contributed by atoms with van der Waals surface area (Å²) in [4.78, 5) is 2.44. The van der Waals surface area contributed by atoms with E-state index in [1.165, 1.54) is 31.4 Å². The lowest BCUT2D eigenvalue weighted by Crippen LogP contribution is -2.35. The quantitative estimate of drug-likeness (QED) is 0.897. The third kappa shape index (κ3) is 4.18. The van der Waals surface area contributed by atoms with E-state index in [2.05, 4.69) is 17.0 Å². The first-order chi connectivity index (χ1) is 11.2. The van der Waals surface area contributed by atoms with Gasteiger partial charge in [0, 0.05) is 12.5 Å². The monoisotopic (exact) mass is 313 g/mol. The maximum absolute atomic E-state index is 13.2. The van der Waals surface area contributed by atoms with E-state index in [1.807, 2.05) is 18.2 Å². The molecule has 1 fully saturated rings. The second-order valence-corrected chi connectivity index (χ2v) is 6.37. The van der Waals surface area contributed by atoms with E-state index >= 15 is 0 Å². The topological polar surface area (TPSA) is 23.5 Å². The average molecular weight is 313 g/mol. The zero-order valence-electron chi connectivity index (χ0n) is 13.4. The van der Waals surface area contributed by atoms with Crippen LogP contribution in [0.3, 0.4) is 0 Å². The molecule has 122 valence electrons. The summed E-state index contributed by atoms with van der Waals surface area (Å²) in [5, 5.41) is 10.9. The number of halogens is 1. The van der Waals surface area contributed by atoms with E-state index in [1.54, 1.807) is 12.1 Å². The van der Waals surface area contributed by atoms with Crippen LogP contribution in [0.2, 0.25) is 0 Å². The van der Waals surface area contributed by atoms with Crippen LogP contribution in [-0.4, -0.2) is 29.6 Å². The predicted octanol–water partition coefficient (Wildman–Crippen LogP) is 4.13. The lowest BCUT2D eigenvalue weighted by Gasteiger charge is -2.33. The van der Waals surface area contributed by atoms with Crippen LogP contribution in [0.1, 0.15) is 42.4 Å². The van der Waals surface area contributed by atoms with Crippen molar-refractivity contribution in [2.24, 2.45) is 0 Å². The molecule has 1 N–H and O–H groups in total. The Labute approximate surface area is 137 Å². The number of aliphatic hydroxyl groups excluding tert-OH is 1. The Bertz CT molecular complexity index is 593. The standard InChI is InChI=1S/C20H24FNO/c21-18-11-9-17(10-12-18)20(23)19(16-7-3-1-4-8-16)15-22-13-5-2-6-14-22/h1,3-4,7-12,19-20,23H,2,5-6,13-15H2/t19-,20-/m1/s1. The minimum absolute atomic E-state index is 0.000221. The van der Waals surface area contributed by atoms with Gasteiger partial charge in [-0.2, -0.15) is 0 Å². The van der Waals surface area contributed by atoms with Gasteiger partial charge >= 0.3 is 0 Å². The molecular weight excluding hydrogens is 289 g/mol. The van der Waals surface area contributed by atoms with E-state index in [0.717, 1.165) is 30.8 Å². The highest BCUT2D eigenvalue weighted by Crippen LogP contribution is 2.32. The molecule has 0 saturated carbocycles. The normalized spacial score (nSPS) is 18.5. The van der Waals surface area contributed by atoms with Crippen LogP contribution in [0, 0.1) is 5.82 Å². The molecule has 23 heavy (non-hydrogen) atoms. The van der Waals surface area contributed by atoms with E-state index in [-0.39, 0.29) is 11.7 Å². The molecule has 2 nitrogen and oxygen atoms in total. The van der Waals surface area contributed by atoms with Gasteiger partial charge in [0.1, 0.15) is 5.82 Å². The third-order valence-electron chi connectivity index (χ3n) is 4.72. The molecule has 3 rings (SSSR count). The third-order valence-corrected chi connectivity index (χ3v) is 4.72. The molecule has 0 radical (unpaired) electrons. The van der Waals surface area contributed by atoms with Crippen LogP contribution in [0.4, 0.5) is 4.39 Å². The Hall–Kier alpha value is -1.71. The minimum Gasteiger partial charge on any atom is -0.388 e. The molecule has 2 aromatic rings. The molecule has 0 unspecified atom stereocenters. The molecule has 0 amide bonds. The second-order valence-electron chi connectivity index (χ2n) is 6.37. The molecule has 1 saturated heterocycles. The molecule has 1 aliphatic heterocycles. The number of likely N-dealkylation sites (tertiary alicyclic amines) is 1. The molecular formula is C20H24FNO. The van der Waals surface area contributed by atoms with E-state index in [4.69, 9.17) is 0 Å². The zero-order valence-corrected chi connectivity index (χ0v) is 13.4. The molecule has 3 heteroatoms. The van der Waals surface area contributed by atoms with Crippen molar-refractivity contribution in [1.82, 2.24) is 4.90 Å². The Balaban J connectivity index is 1.83. The van der Waals surface area contributed by atoms with Gasteiger partial charge in [-0.15, -0.1) is 0 Å². The van der Waals surface area contributed by atoms with E-state index in [9.17, 15) is 9.50 Å². The lowest BCUT2D eigenvalue weighted by molar-refractivity contribution is 0.109. The van der Waals surface area contributed by atoms with Crippen molar-refractivity contribution >= 4 is 0 Å². The number of hydrogen-bond acceptors (Lipinski definition) is 2. The maximum Gasteiger partial charge on any atom is 0.123 e. The highest BCUT2D eigenvalue weighted by molar-refractivity contribution is 5.27. The van der Waals surface area contributed by atoms with Crippen molar-refractivity contribution in [3.63, 3.8) is 0 Å². The molecule has 0 bridgehead atoms. The molecule has 0 aliphatic carbocycles. The van der Waals surface area contributed by atoms with E-state index in [0.29, 0.717) is 0 Å². The van der Waals surface area contributed by atoms with Crippen molar-refractivity contribution < 1.29 is 9.50 Å². The SMILES string of the molecule is O[C@H](c1ccc(F)cc1)[C@H](CN1CCCCC1)c1ccccc1.